The Morgan fingerprint density at radius 3 is 2.50 bits per heavy atom. The van der Waals surface area contributed by atoms with Gasteiger partial charge in [-0.2, -0.15) is 8.42 Å². The van der Waals surface area contributed by atoms with Crippen LogP contribution in [-0.4, -0.2) is 31.7 Å². The van der Waals surface area contributed by atoms with Crippen LogP contribution in [0.3, 0.4) is 0 Å². The average molecular weight is 272 g/mol. The molecule has 0 saturated carbocycles. The maximum atomic E-state index is 9.19. The topological polar surface area (TPSA) is 122 Å². The highest BCUT2D eigenvalue weighted by atomic mass is 32.2. The lowest BCUT2D eigenvalue weighted by Crippen LogP contribution is -2.28. The predicted octanol–water partition coefficient (Wildman–Crippen LogP) is -0.258. The van der Waals surface area contributed by atoms with E-state index in [1.54, 1.807) is 0 Å². The highest BCUT2D eigenvalue weighted by Gasteiger charge is 2.17. The van der Waals surface area contributed by atoms with Crippen LogP contribution < -0.4 is 16.5 Å². The molecule has 0 fully saturated rings. The molecule has 1 aliphatic rings. The van der Waals surface area contributed by atoms with Gasteiger partial charge in [-0.05, 0) is 18.1 Å². The number of nitrogens with two attached hydrogens (primary N) is 2. The third kappa shape index (κ3) is 5.02. The third-order valence-corrected chi connectivity index (χ3v) is 2.10. The standard InChI is InChI=1S/C9H12N4.CH4O3S/c10-9(11)12-13-6-5-7-3-1-2-4-8(7)13;1-5(2,3)4/h1-4H,5-6H2,(H4,10,11,12);1H3,(H,2,3,4). The zero-order valence-electron chi connectivity index (χ0n) is 9.94. The number of benzene rings is 1. The first-order valence-electron chi connectivity index (χ1n) is 5.15. The van der Waals surface area contributed by atoms with Gasteiger partial charge in [0.1, 0.15) is 0 Å². The Kier molecular flexibility index (Phi) is 4.51. The highest BCUT2D eigenvalue weighted by Crippen LogP contribution is 2.27. The quantitative estimate of drug-likeness (QED) is 0.368. The van der Waals surface area contributed by atoms with Crippen molar-refractivity contribution in [3.63, 3.8) is 0 Å². The molecule has 0 amide bonds. The van der Waals surface area contributed by atoms with E-state index in [4.69, 9.17) is 16.0 Å². The fourth-order valence-electron chi connectivity index (χ4n) is 1.56. The number of guanidine groups is 1. The van der Waals surface area contributed by atoms with Crippen molar-refractivity contribution in [2.45, 2.75) is 6.42 Å². The van der Waals surface area contributed by atoms with Crippen molar-refractivity contribution >= 4 is 21.8 Å². The van der Waals surface area contributed by atoms with E-state index in [-0.39, 0.29) is 5.96 Å². The van der Waals surface area contributed by atoms with E-state index >= 15 is 0 Å². The number of hydrogen-bond acceptors (Lipinski definition) is 4. The molecule has 5 N–H and O–H groups in total. The fraction of sp³-hybridized carbons (Fsp3) is 0.300. The maximum Gasteiger partial charge on any atom is 0.261 e. The summed E-state index contributed by atoms with van der Waals surface area (Å²) in [6.45, 7) is 0.858. The summed E-state index contributed by atoms with van der Waals surface area (Å²) in [6.07, 6.45) is 1.72. The molecule has 0 aromatic heterocycles. The largest absolute Gasteiger partial charge is 0.369 e. The number of fused-ring (bicyclic) bond motifs is 1. The number of hydrazone groups is 1. The minimum absolute atomic E-state index is 0.108. The van der Waals surface area contributed by atoms with Gasteiger partial charge in [0.2, 0.25) is 5.96 Å². The number of hydrogen-bond donors (Lipinski definition) is 3. The van der Waals surface area contributed by atoms with E-state index in [0.717, 1.165) is 18.7 Å². The lowest BCUT2D eigenvalue weighted by molar-refractivity contribution is 0.490. The van der Waals surface area contributed by atoms with Crippen LogP contribution in [0.15, 0.2) is 29.4 Å². The Bertz CT molecular complexity index is 530. The summed E-state index contributed by atoms with van der Waals surface area (Å²) in [5, 5.41) is 5.86. The first-order chi connectivity index (χ1) is 8.27. The molecule has 0 radical (unpaired) electrons. The Morgan fingerprint density at radius 2 is 1.94 bits per heavy atom. The molecule has 1 aliphatic heterocycles. The maximum absolute atomic E-state index is 9.19. The van der Waals surface area contributed by atoms with Crippen LogP contribution >= 0.6 is 0 Å². The molecule has 7 nitrogen and oxygen atoms in total. The summed E-state index contributed by atoms with van der Waals surface area (Å²) in [4.78, 5) is 0. The Hall–Kier alpha value is -1.80. The normalized spacial score (nSPS) is 13.3. The van der Waals surface area contributed by atoms with Crippen molar-refractivity contribution in [3.8, 4) is 0 Å². The second-order valence-corrected chi connectivity index (χ2v) is 5.23. The number of anilines is 1. The van der Waals surface area contributed by atoms with Crippen molar-refractivity contribution < 1.29 is 13.0 Å². The average Bonchev–Trinajstić information content (AvgIpc) is 2.59. The van der Waals surface area contributed by atoms with Crippen molar-refractivity contribution in [2.24, 2.45) is 16.6 Å². The third-order valence-electron chi connectivity index (χ3n) is 2.10. The Balaban J connectivity index is 0.000000280. The molecule has 1 aromatic carbocycles. The van der Waals surface area contributed by atoms with Crippen LogP contribution in [0.4, 0.5) is 5.69 Å². The van der Waals surface area contributed by atoms with Crippen LogP contribution in [0.2, 0.25) is 0 Å². The van der Waals surface area contributed by atoms with E-state index in [2.05, 4.69) is 11.2 Å². The summed E-state index contributed by atoms with van der Waals surface area (Å²) in [6, 6.07) is 8.13. The van der Waals surface area contributed by atoms with E-state index in [9.17, 15) is 8.42 Å². The minimum atomic E-state index is -3.67. The SMILES string of the molecule is CS(=O)(=O)O.NC(N)=NN1CCc2ccccc21. The fourth-order valence-corrected chi connectivity index (χ4v) is 1.56. The molecule has 0 bridgehead atoms. The minimum Gasteiger partial charge on any atom is -0.369 e. The monoisotopic (exact) mass is 272 g/mol. The second-order valence-electron chi connectivity index (χ2n) is 3.76. The summed E-state index contributed by atoms with van der Waals surface area (Å²) in [5.41, 5.74) is 13.0. The molecule has 0 spiro atoms. The van der Waals surface area contributed by atoms with Crippen molar-refractivity contribution in [3.05, 3.63) is 29.8 Å². The van der Waals surface area contributed by atoms with E-state index in [1.807, 2.05) is 23.2 Å². The van der Waals surface area contributed by atoms with E-state index in [1.165, 1.54) is 5.56 Å². The summed E-state index contributed by atoms with van der Waals surface area (Å²) in [5.74, 6) is 0.108. The number of para-hydroxylation sites is 1. The van der Waals surface area contributed by atoms with Crippen LogP contribution in [0.1, 0.15) is 5.56 Å². The van der Waals surface area contributed by atoms with Gasteiger partial charge in [0, 0.05) is 6.54 Å². The molecule has 0 saturated heterocycles. The Labute approximate surface area is 106 Å². The molecule has 8 heteroatoms. The molecule has 2 rings (SSSR count). The summed E-state index contributed by atoms with van der Waals surface area (Å²) < 4.78 is 25.9. The van der Waals surface area contributed by atoms with Crippen LogP contribution in [-0.2, 0) is 16.5 Å². The smallest absolute Gasteiger partial charge is 0.261 e. The lowest BCUT2D eigenvalue weighted by Gasteiger charge is -2.11. The van der Waals surface area contributed by atoms with Gasteiger partial charge in [-0.15, -0.1) is 5.10 Å². The molecule has 1 aromatic rings. The van der Waals surface area contributed by atoms with Gasteiger partial charge in [0.15, 0.2) is 0 Å². The molecule has 1 heterocycles. The number of rotatable bonds is 1. The van der Waals surface area contributed by atoms with Gasteiger partial charge in [0.05, 0.1) is 11.9 Å². The van der Waals surface area contributed by atoms with Crippen molar-refractivity contribution in [2.75, 3.05) is 17.8 Å². The van der Waals surface area contributed by atoms with Crippen molar-refractivity contribution in [1.82, 2.24) is 0 Å². The van der Waals surface area contributed by atoms with Crippen molar-refractivity contribution in [1.29, 1.82) is 0 Å². The zero-order chi connectivity index (χ0) is 13.8. The van der Waals surface area contributed by atoms with Gasteiger partial charge in [0.25, 0.3) is 10.1 Å². The molecule has 18 heavy (non-hydrogen) atoms. The van der Waals surface area contributed by atoms with E-state index < -0.39 is 10.1 Å². The molecule has 100 valence electrons. The van der Waals surface area contributed by atoms with Gasteiger partial charge >= 0.3 is 0 Å². The molecule has 0 aliphatic carbocycles. The van der Waals surface area contributed by atoms with Gasteiger partial charge in [-0.25, -0.2) is 0 Å². The summed E-state index contributed by atoms with van der Waals surface area (Å²) >= 11 is 0. The van der Waals surface area contributed by atoms with Crippen LogP contribution in [0, 0.1) is 0 Å². The zero-order valence-corrected chi connectivity index (χ0v) is 10.8. The van der Waals surface area contributed by atoms with Gasteiger partial charge < -0.3 is 11.5 Å². The van der Waals surface area contributed by atoms with Gasteiger partial charge in [-0.1, -0.05) is 18.2 Å². The molecular weight excluding hydrogens is 256 g/mol. The van der Waals surface area contributed by atoms with E-state index in [0.29, 0.717) is 6.26 Å². The van der Waals surface area contributed by atoms with Crippen LogP contribution in [0.5, 0.6) is 0 Å². The summed E-state index contributed by atoms with van der Waals surface area (Å²) in [7, 11) is -3.67. The molecule has 0 atom stereocenters. The first-order valence-corrected chi connectivity index (χ1v) is 6.99. The first kappa shape index (κ1) is 14.3. The van der Waals surface area contributed by atoms with Gasteiger partial charge in [-0.3, -0.25) is 9.56 Å². The highest BCUT2D eigenvalue weighted by molar-refractivity contribution is 7.85. The molecule has 0 unspecified atom stereocenters. The van der Waals surface area contributed by atoms with Crippen LogP contribution in [0.25, 0.3) is 0 Å². The lowest BCUT2D eigenvalue weighted by atomic mass is 10.2. The Morgan fingerprint density at radius 1 is 1.39 bits per heavy atom. The number of nitrogens with zero attached hydrogens (tertiary/aromatic N) is 2. The predicted molar refractivity (Wildman–Crippen MR) is 70.8 cm³/mol. The second kappa shape index (κ2) is 5.69. The molecular formula is C10H16N4O3S.